The standard InChI is InChI=1S/C22H22N4OS/c1-25(2)10-9-23-22(27)17-6-7-21-20(13-17)24-15-26(21)19-5-3-4-16(12-19)18-8-11-28-14-18/h3-8,11-15H,9-10H2,1-2H3,(H,23,27). The van der Waals surface area contributed by atoms with Gasteiger partial charge in [-0.3, -0.25) is 9.36 Å². The van der Waals surface area contributed by atoms with Crippen molar-refractivity contribution in [1.29, 1.82) is 0 Å². The number of amides is 1. The minimum atomic E-state index is -0.0715. The quantitative estimate of drug-likeness (QED) is 0.540. The lowest BCUT2D eigenvalue weighted by Crippen LogP contribution is -2.31. The Labute approximate surface area is 168 Å². The molecule has 142 valence electrons. The van der Waals surface area contributed by atoms with E-state index in [1.54, 1.807) is 11.3 Å². The van der Waals surface area contributed by atoms with Crippen molar-refractivity contribution in [2.45, 2.75) is 0 Å². The van der Waals surface area contributed by atoms with Crippen molar-refractivity contribution in [3.63, 3.8) is 0 Å². The second-order valence-electron chi connectivity index (χ2n) is 6.94. The summed E-state index contributed by atoms with van der Waals surface area (Å²) in [6.07, 6.45) is 1.81. The van der Waals surface area contributed by atoms with Gasteiger partial charge in [-0.2, -0.15) is 11.3 Å². The molecule has 2 heterocycles. The number of hydrogen-bond donors (Lipinski definition) is 1. The summed E-state index contributed by atoms with van der Waals surface area (Å²) in [5.74, 6) is -0.0715. The van der Waals surface area contributed by atoms with Crippen LogP contribution in [0.3, 0.4) is 0 Å². The molecule has 2 aromatic heterocycles. The van der Waals surface area contributed by atoms with E-state index in [4.69, 9.17) is 0 Å². The van der Waals surface area contributed by atoms with Crippen LogP contribution in [0.4, 0.5) is 0 Å². The number of rotatable bonds is 6. The van der Waals surface area contributed by atoms with E-state index in [1.807, 2.05) is 43.5 Å². The summed E-state index contributed by atoms with van der Waals surface area (Å²) in [7, 11) is 3.97. The highest BCUT2D eigenvalue weighted by atomic mass is 32.1. The van der Waals surface area contributed by atoms with Crippen LogP contribution in [-0.2, 0) is 0 Å². The Bertz CT molecular complexity index is 1100. The number of carbonyl (C=O) groups excluding carboxylic acids is 1. The number of imidazole rings is 1. The van der Waals surface area contributed by atoms with Gasteiger partial charge in [0.15, 0.2) is 0 Å². The van der Waals surface area contributed by atoms with Gasteiger partial charge in [0.1, 0.15) is 6.33 Å². The summed E-state index contributed by atoms with van der Waals surface area (Å²) in [4.78, 5) is 18.9. The summed E-state index contributed by atoms with van der Waals surface area (Å²) in [6, 6.07) is 16.2. The van der Waals surface area contributed by atoms with Gasteiger partial charge in [-0.05, 0) is 72.4 Å². The van der Waals surface area contributed by atoms with E-state index in [9.17, 15) is 4.79 Å². The molecule has 28 heavy (non-hydrogen) atoms. The molecule has 6 heteroatoms. The first kappa shape index (κ1) is 18.4. The van der Waals surface area contributed by atoms with Crippen LogP contribution in [-0.4, -0.2) is 47.5 Å². The van der Waals surface area contributed by atoms with E-state index < -0.39 is 0 Å². The lowest BCUT2D eigenvalue weighted by Gasteiger charge is -2.10. The van der Waals surface area contributed by atoms with Crippen molar-refractivity contribution < 1.29 is 4.79 Å². The molecule has 0 fully saturated rings. The van der Waals surface area contributed by atoms with E-state index in [-0.39, 0.29) is 5.91 Å². The summed E-state index contributed by atoms with van der Waals surface area (Å²) >= 11 is 1.69. The third-order valence-corrected chi connectivity index (χ3v) is 5.32. The van der Waals surface area contributed by atoms with Crippen LogP contribution in [0.25, 0.3) is 27.8 Å². The van der Waals surface area contributed by atoms with E-state index in [1.165, 1.54) is 11.1 Å². The van der Waals surface area contributed by atoms with Gasteiger partial charge in [0.25, 0.3) is 5.91 Å². The summed E-state index contributed by atoms with van der Waals surface area (Å²) < 4.78 is 2.05. The minimum absolute atomic E-state index is 0.0715. The maximum atomic E-state index is 12.4. The maximum absolute atomic E-state index is 12.4. The average molecular weight is 391 g/mol. The van der Waals surface area contributed by atoms with Crippen LogP contribution in [0.15, 0.2) is 65.6 Å². The predicted octanol–water partition coefficient (Wildman–Crippen LogP) is 4.05. The number of hydrogen-bond acceptors (Lipinski definition) is 4. The molecular formula is C22H22N4OS. The Morgan fingerprint density at radius 3 is 2.82 bits per heavy atom. The van der Waals surface area contributed by atoms with E-state index >= 15 is 0 Å². The van der Waals surface area contributed by atoms with Crippen molar-refractivity contribution in [3.8, 4) is 16.8 Å². The molecule has 2 aromatic carbocycles. The van der Waals surface area contributed by atoms with Crippen LogP contribution in [0.5, 0.6) is 0 Å². The topological polar surface area (TPSA) is 50.2 Å². The van der Waals surface area contributed by atoms with Gasteiger partial charge in [-0.15, -0.1) is 0 Å². The largest absolute Gasteiger partial charge is 0.351 e. The van der Waals surface area contributed by atoms with Gasteiger partial charge in [-0.25, -0.2) is 4.98 Å². The van der Waals surface area contributed by atoms with Gasteiger partial charge in [-0.1, -0.05) is 12.1 Å². The summed E-state index contributed by atoms with van der Waals surface area (Å²) in [5, 5.41) is 7.17. The molecule has 0 aliphatic heterocycles. The summed E-state index contributed by atoms with van der Waals surface area (Å²) in [6.45, 7) is 1.43. The number of likely N-dealkylation sites (N-methyl/N-ethyl adjacent to an activating group) is 1. The first-order chi connectivity index (χ1) is 13.6. The van der Waals surface area contributed by atoms with E-state index in [2.05, 4.69) is 56.0 Å². The molecule has 0 spiro atoms. The minimum Gasteiger partial charge on any atom is -0.351 e. The van der Waals surface area contributed by atoms with Crippen molar-refractivity contribution in [1.82, 2.24) is 19.8 Å². The van der Waals surface area contributed by atoms with Crippen LogP contribution < -0.4 is 5.32 Å². The zero-order chi connectivity index (χ0) is 19.5. The lowest BCUT2D eigenvalue weighted by molar-refractivity contribution is 0.0951. The van der Waals surface area contributed by atoms with Crippen molar-refractivity contribution in [2.75, 3.05) is 27.2 Å². The Kier molecular flexibility index (Phi) is 5.23. The Morgan fingerprint density at radius 2 is 2.04 bits per heavy atom. The molecular weight excluding hydrogens is 368 g/mol. The number of nitrogens with one attached hydrogen (secondary N) is 1. The normalized spacial score (nSPS) is 11.2. The first-order valence-corrected chi connectivity index (χ1v) is 10.1. The van der Waals surface area contributed by atoms with Crippen LogP contribution in [0.2, 0.25) is 0 Å². The predicted molar refractivity (Wildman–Crippen MR) is 115 cm³/mol. The lowest BCUT2D eigenvalue weighted by atomic mass is 10.1. The fraction of sp³-hybridized carbons (Fsp3) is 0.182. The van der Waals surface area contributed by atoms with Crippen LogP contribution >= 0.6 is 11.3 Å². The summed E-state index contributed by atoms with van der Waals surface area (Å²) in [5.41, 5.74) is 5.86. The molecule has 0 aliphatic rings. The number of thiophene rings is 1. The Morgan fingerprint density at radius 1 is 1.14 bits per heavy atom. The smallest absolute Gasteiger partial charge is 0.251 e. The maximum Gasteiger partial charge on any atom is 0.251 e. The fourth-order valence-electron chi connectivity index (χ4n) is 3.12. The molecule has 0 radical (unpaired) electrons. The molecule has 0 saturated heterocycles. The molecule has 0 unspecified atom stereocenters. The molecule has 0 bridgehead atoms. The Hall–Kier alpha value is -2.96. The zero-order valence-corrected chi connectivity index (χ0v) is 16.7. The first-order valence-electron chi connectivity index (χ1n) is 9.15. The highest BCUT2D eigenvalue weighted by Crippen LogP contribution is 2.26. The number of aromatic nitrogens is 2. The van der Waals surface area contributed by atoms with Gasteiger partial charge >= 0.3 is 0 Å². The highest BCUT2D eigenvalue weighted by molar-refractivity contribution is 7.08. The zero-order valence-electron chi connectivity index (χ0n) is 15.9. The fourth-order valence-corrected chi connectivity index (χ4v) is 3.78. The van der Waals surface area contributed by atoms with Gasteiger partial charge in [0.05, 0.1) is 11.0 Å². The van der Waals surface area contributed by atoms with Crippen LogP contribution in [0, 0.1) is 0 Å². The molecule has 4 aromatic rings. The molecule has 4 rings (SSSR count). The molecule has 1 N–H and O–H groups in total. The van der Waals surface area contributed by atoms with E-state index in [0.717, 1.165) is 23.3 Å². The second-order valence-corrected chi connectivity index (χ2v) is 7.72. The molecule has 0 saturated carbocycles. The van der Waals surface area contributed by atoms with Gasteiger partial charge in [0, 0.05) is 24.3 Å². The van der Waals surface area contributed by atoms with Crippen molar-refractivity contribution in [3.05, 3.63) is 71.2 Å². The van der Waals surface area contributed by atoms with Crippen LogP contribution in [0.1, 0.15) is 10.4 Å². The van der Waals surface area contributed by atoms with Crippen molar-refractivity contribution >= 4 is 28.3 Å². The molecule has 0 aliphatic carbocycles. The van der Waals surface area contributed by atoms with Gasteiger partial charge in [0.2, 0.25) is 0 Å². The third kappa shape index (κ3) is 3.83. The molecule has 0 atom stereocenters. The van der Waals surface area contributed by atoms with E-state index in [0.29, 0.717) is 12.1 Å². The van der Waals surface area contributed by atoms with Gasteiger partial charge < -0.3 is 10.2 Å². The number of nitrogens with zero attached hydrogens (tertiary/aromatic N) is 3. The number of carbonyl (C=O) groups is 1. The Balaban J connectivity index is 1.60. The molecule has 1 amide bonds. The number of benzene rings is 2. The highest BCUT2D eigenvalue weighted by Gasteiger charge is 2.11. The average Bonchev–Trinajstić information content (AvgIpc) is 3.37. The van der Waals surface area contributed by atoms with Crippen molar-refractivity contribution in [2.24, 2.45) is 0 Å². The third-order valence-electron chi connectivity index (χ3n) is 4.63. The number of fused-ring (bicyclic) bond motifs is 1. The monoisotopic (exact) mass is 390 g/mol. The SMILES string of the molecule is CN(C)CCNC(=O)c1ccc2c(c1)ncn2-c1cccc(-c2ccsc2)c1. The second kappa shape index (κ2) is 7.96. The molecule has 5 nitrogen and oxygen atoms in total.